The van der Waals surface area contributed by atoms with Gasteiger partial charge in [0.05, 0.1) is 0 Å². The van der Waals surface area contributed by atoms with Gasteiger partial charge >= 0.3 is 0 Å². The third kappa shape index (κ3) is 65.2. The smallest absolute Gasteiger partial charge is 0.222 e. The molecule has 15 heavy (non-hydrogen) atoms. The van der Waals surface area contributed by atoms with Crippen molar-refractivity contribution in [1.29, 1.82) is 10.8 Å². The molecule has 0 aliphatic rings. The van der Waals surface area contributed by atoms with Crippen LogP contribution in [0.5, 0.6) is 0 Å². The van der Waals surface area contributed by atoms with Gasteiger partial charge in [-0.05, 0) is 0 Å². The average molecular weight is 214 g/mol. The van der Waals surface area contributed by atoms with E-state index in [-0.39, 0.29) is 0 Å². The molecule has 0 amide bonds. The summed E-state index contributed by atoms with van der Waals surface area (Å²) in [6.45, 7) is 4.53. The van der Waals surface area contributed by atoms with Crippen molar-refractivity contribution in [3.8, 4) is 0 Å². The average Bonchev–Trinajstić information content (AvgIpc) is 2.20. The summed E-state index contributed by atoms with van der Waals surface area (Å²) in [7, 11) is 0. The van der Waals surface area contributed by atoms with Crippen LogP contribution >= 0.6 is 0 Å². The molecule has 0 spiro atoms. The van der Waals surface area contributed by atoms with Crippen LogP contribution < -0.4 is 0 Å². The molecule has 88 valence electrons. The minimum atomic E-state index is 0.750. The lowest BCUT2D eigenvalue weighted by Crippen LogP contribution is -1.76. The summed E-state index contributed by atoms with van der Waals surface area (Å²) in [4.78, 5) is 16.7. The fourth-order valence-electron chi connectivity index (χ4n) is 1.03. The molecule has 4 nitrogen and oxygen atoms in total. The standard InChI is InChI=1S/C9H20.2CHNO/c1-3-5-7-9-8-6-4-2;2*2-1-3/h3-9H2,1-2H3;2*2H. The second kappa shape index (κ2) is 29.3. The molecule has 4 heteroatoms. The minimum Gasteiger partial charge on any atom is -0.222 e. The molecule has 0 saturated carbocycles. The summed E-state index contributed by atoms with van der Waals surface area (Å²) >= 11 is 0. The Labute approximate surface area is 92.1 Å². The van der Waals surface area contributed by atoms with Crippen LogP contribution in [-0.4, -0.2) is 12.2 Å². The second-order valence-electron chi connectivity index (χ2n) is 2.97. The van der Waals surface area contributed by atoms with E-state index in [1.54, 1.807) is 0 Å². The van der Waals surface area contributed by atoms with Crippen molar-refractivity contribution in [3.05, 3.63) is 0 Å². The molecule has 0 fully saturated rings. The number of unbranched alkanes of at least 4 members (excludes halogenated alkanes) is 6. The number of nitrogens with one attached hydrogen (secondary N) is 2. The van der Waals surface area contributed by atoms with Crippen molar-refractivity contribution >= 4 is 12.2 Å². The lowest BCUT2D eigenvalue weighted by Gasteiger charge is -1.96. The molecule has 0 aliphatic carbocycles. The van der Waals surface area contributed by atoms with E-state index in [2.05, 4.69) is 13.8 Å². The molecule has 0 unspecified atom stereocenters. The van der Waals surface area contributed by atoms with Crippen LogP contribution in [0.3, 0.4) is 0 Å². The van der Waals surface area contributed by atoms with E-state index >= 15 is 0 Å². The Kier molecular flexibility index (Phi) is 37.8. The van der Waals surface area contributed by atoms with Crippen LogP contribution in [0.2, 0.25) is 0 Å². The number of hydrogen-bond acceptors (Lipinski definition) is 4. The van der Waals surface area contributed by atoms with Crippen LogP contribution in [0.15, 0.2) is 0 Å². The van der Waals surface area contributed by atoms with Gasteiger partial charge in [-0.1, -0.05) is 58.8 Å². The first kappa shape index (κ1) is 19.4. The number of carbonyl (C=O) groups excluding carboxylic acids is 2. The Morgan fingerprint density at radius 2 is 0.933 bits per heavy atom. The summed E-state index contributed by atoms with van der Waals surface area (Å²) in [5, 5.41) is 10.8. The van der Waals surface area contributed by atoms with Gasteiger partial charge in [-0.3, -0.25) is 0 Å². The number of isocyanates is 2. The van der Waals surface area contributed by atoms with Gasteiger partial charge in [0.25, 0.3) is 0 Å². The maximum absolute atomic E-state index is 8.35. The fraction of sp³-hybridized carbons (Fsp3) is 0.818. The minimum absolute atomic E-state index is 0.750. The molecule has 0 radical (unpaired) electrons. The van der Waals surface area contributed by atoms with Crippen molar-refractivity contribution < 1.29 is 9.59 Å². The largest absolute Gasteiger partial charge is 0.231 e. The predicted octanol–water partition coefficient (Wildman–Crippen LogP) is 3.56. The molecule has 0 atom stereocenters. The van der Waals surface area contributed by atoms with E-state index in [0.717, 1.165) is 12.2 Å². The zero-order valence-corrected chi connectivity index (χ0v) is 9.77. The summed E-state index contributed by atoms with van der Waals surface area (Å²) < 4.78 is 0. The van der Waals surface area contributed by atoms with E-state index in [1.807, 2.05) is 0 Å². The number of hydrogen-bond donors (Lipinski definition) is 2. The van der Waals surface area contributed by atoms with Gasteiger partial charge in [-0.25, -0.2) is 20.4 Å². The molecule has 0 heterocycles. The molecule has 0 aromatic rings. The highest BCUT2D eigenvalue weighted by Gasteiger charge is 1.85. The second-order valence-corrected chi connectivity index (χ2v) is 2.97. The Morgan fingerprint density at radius 1 is 0.733 bits per heavy atom. The molecular formula is C11H22N2O2. The topological polar surface area (TPSA) is 81.8 Å². The van der Waals surface area contributed by atoms with E-state index in [0.29, 0.717) is 0 Å². The van der Waals surface area contributed by atoms with Crippen LogP contribution in [0.1, 0.15) is 58.8 Å². The molecular weight excluding hydrogens is 192 g/mol. The maximum atomic E-state index is 8.35. The maximum Gasteiger partial charge on any atom is 0.231 e. The van der Waals surface area contributed by atoms with Crippen LogP contribution in [0.4, 0.5) is 0 Å². The van der Waals surface area contributed by atoms with Gasteiger partial charge < -0.3 is 0 Å². The summed E-state index contributed by atoms with van der Waals surface area (Å²) in [5.74, 6) is 0. The third-order valence-electron chi connectivity index (χ3n) is 1.71. The first-order chi connectivity index (χ1) is 7.24. The van der Waals surface area contributed by atoms with Crippen LogP contribution in [0, 0.1) is 10.8 Å². The van der Waals surface area contributed by atoms with Crippen LogP contribution in [0.25, 0.3) is 0 Å². The molecule has 0 rings (SSSR count). The molecule has 0 aliphatic heterocycles. The Balaban J connectivity index is -0.000000200. The Hall–Kier alpha value is -1.24. The highest BCUT2D eigenvalue weighted by molar-refractivity contribution is 5.26. The lowest BCUT2D eigenvalue weighted by atomic mass is 10.1. The van der Waals surface area contributed by atoms with Gasteiger partial charge in [-0.15, -0.1) is 0 Å². The molecule has 0 bridgehead atoms. The highest BCUT2D eigenvalue weighted by Crippen LogP contribution is 2.05. The van der Waals surface area contributed by atoms with Gasteiger partial charge in [0, 0.05) is 0 Å². The zero-order valence-electron chi connectivity index (χ0n) is 9.77. The van der Waals surface area contributed by atoms with Gasteiger partial charge in [0.1, 0.15) is 0 Å². The van der Waals surface area contributed by atoms with E-state index < -0.39 is 0 Å². The molecule has 2 N–H and O–H groups in total. The van der Waals surface area contributed by atoms with Crippen LogP contribution in [-0.2, 0) is 9.59 Å². The molecule has 0 aromatic carbocycles. The van der Waals surface area contributed by atoms with Crippen molar-refractivity contribution in [1.82, 2.24) is 0 Å². The summed E-state index contributed by atoms with van der Waals surface area (Å²) in [6.07, 6.45) is 11.5. The SMILES string of the molecule is CCCCCCCCC.N=C=O.N=C=O. The van der Waals surface area contributed by atoms with E-state index in [4.69, 9.17) is 20.4 Å². The zero-order chi connectivity index (χ0) is 12.4. The lowest BCUT2D eigenvalue weighted by molar-refractivity contribution is 0.562. The van der Waals surface area contributed by atoms with Gasteiger partial charge in [0.2, 0.25) is 12.2 Å². The van der Waals surface area contributed by atoms with E-state index in [9.17, 15) is 0 Å². The Bertz CT molecular complexity index is 140. The summed E-state index contributed by atoms with van der Waals surface area (Å²) in [6, 6.07) is 0. The fourth-order valence-corrected chi connectivity index (χ4v) is 1.03. The highest BCUT2D eigenvalue weighted by atomic mass is 16.1. The van der Waals surface area contributed by atoms with Crippen molar-refractivity contribution in [2.45, 2.75) is 58.8 Å². The monoisotopic (exact) mass is 214 g/mol. The first-order valence-corrected chi connectivity index (χ1v) is 5.32. The Morgan fingerprint density at radius 3 is 1.13 bits per heavy atom. The van der Waals surface area contributed by atoms with Crippen molar-refractivity contribution in [3.63, 3.8) is 0 Å². The van der Waals surface area contributed by atoms with Crippen molar-refractivity contribution in [2.24, 2.45) is 0 Å². The number of rotatable bonds is 6. The first-order valence-electron chi connectivity index (χ1n) is 5.32. The van der Waals surface area contributed by atoms with E-state index in [1.165, 1.54) is 44.9 Å². The molecule has 0 saturated heterocycles. The quantitative estimate of drug-likeness (QED) is 0.402. The van der Waals surface area contributed by atoms with Gasteiger partial charge in [-0.2, -0.15) is 0 Å². The van der Waals surface area contributed by atoms with Gasteiger partial charge in [0.15, 0.2) is 0 Å². The van der Waals surface area contributed by atoms with Crippen molar-refractivity contribution in [2.75, 3.05) is 0 Å². The molecule has 0 aromatic heterocycles. The third-order valence-corrected chi connectivity index (χ3v) is 1.71. The predicted molar refractivity (Wildman–Crippen MR) is 60.5 cm³/mol. The normalized spacial score (nSPS) is 7.07. The summed E-state index contributed by atoms with van der Waals surface area (Å²) in [5.41, 5.74) is 0.